The van der Waals surface area contributed by atoms with Gasteiger partial charge < -0.3 is 9.47 Å². The second-order valence-electron chi connectivity index (χ2n) is 6.84. The molecule has 3 atom stereocenters. The summed E-state index contributed by atoms with van der Waals surface area (Å²) >= 11 is 0. The summed E-state index contributed by atoms with van der Waals surface area (Å²) in [6.07, 6.45) is 4.13. The summed E-state index contributed by atoms with van der Waals surface area (Å²) in [4.78, 5) is 14.1. The van der Waals surface area contributed by atoms with E-state index in [4.69, 9.17) is 9.47 Å². The smallest absolute Gasteiger partial charge is 0.320 e. The minimum Gasteiger partial charge on any atom is -0.459 e. The van der Waals surface area contributed by atoms with Crippen LogP contribution in [0.5, 0.6) is 0 Å². The summed E-state index contributed by atoms with van der Waals surface area (Å²) in [5, 5.41) is 0. The largest absolute Gasteiger partial charge is 0.459 e. The van der Waals surface area contributed by atoms with E-state index in [2.05, 4.69) is 23.1 Å². The summed E-state index contributed by atoms with van der Waals surface area (Å²) in [6, 6.07) is 10.6. The van der Waals surface area contributed by atoms with Gasteiger partial charge in [-0.2, -0.15) is 0 Å². The first kappa shape index (κ1) is 17.7. The number of carbonyl (C=O) groups excluding carboxylic acids is 1. The summed E-state index contributed by atoms with van der Waals surface area (Å²) in [6.45, 7) is 9.18. The molecule has 0 saturated carbocycles. The van der Waals surface area contributed by atoms with Gasteiger partial charge in [-0.1, -0.05) is 42.5 Å². The predicted molar refractivity (Wildman–Crippen MR) is 91.0 cm³/mol. The minimum absolute atomic E-state index is 0.183. The van der Waals surface area contributed by atoms with Crippen LogP contribution >= 0.6 is 0 Å². The molecule has 23 heavy (non-hydrogen) atoms. The predicted octanol–water partition coefficient (Wildman–Crippen LogP) is 3.17. The lowest BCUT2D eigenvalue weighted by molar-refractivity contribution is -0.154. The van der Waals surface area contributed by atoms with Crippen molar-refractivity contribution in [3.63, 3.8) is 0 Å². The molecule has 1 aromatic rings. The molecule has 0 radical (unpaired) electrons. The molecular formula is C19H27NO3. The average Bonchev–Trinajstić information content (AvgIpc) is 3.09. The number of carbonyl (C=O) groups is 1. The monoisotopic (exact) mass is 317 g/mol. The van der Waals surface area contributed by atoms with Crippen LogP contribution in [-0.4, -0.2) is 41.7 Å². The van der Waals surface area contributed by atoms with Crippen molar-refractivity contribution in [3.05, 3.63) is 48.0 Å². The van der Waals surface area contributed by atoms with E-state index in [0.29, 0.717) is 19.8 Å². The molecular weight excluding hydrogens is 290 g/mol. The molecule has 1 aliphatic heterocycles. The first-order valence-corrected chi connectivity index (χ1v) is 8.13. The van der Waals surface area contributed by atoms with Crippen LogP contribution in [0.1, 0.15) is 33.3 Å². The first-order chi connectivity index (χ1) is 10.9. The van der Waals surface area contributed by atoms with E-state index < -0.39 is 5.60 Å². The van der Waals surface area contributed by atoms with Gasteiger partial charge in [0, 0.05) is 6.04 Å². The lowest BCUT2D eigenvalue weighted by atomic mass is 10.2. The number of ether oxygens (including phenoxy) is 2. The molecule has 0 amide bonds. The highest BCUT2D eigenvalue weighted by molar-refractivity contribution is 5.72. The molecule has 0 bridgehead atoms. The van der Waals surface area contributed by atoms with Crippen molar-refractivity contribution in [3.8, 4) is 0 Å². The molecule has 0 N–H and O–H groups in total. The summed E-state index contributed by atoms with van der Waals surface area (Å²) in [5.41, 5.74) is 0.720. The summed E-state index contributed by atoms with van der Waals surface area (Å²) in [5.74, 6) is -0.183. The molecule has 1 aromatic carbocycles. The Kier molecular flexibility index (Phi) is 5.97. The summed E-state index contributed by atoms with van der Waals surface area (Å²) in [7, 11) is 0. The molecule has 2 rings (SSSR count). The molecule has 126 valence electrons. The molecule has 1 unspecified atom stereocenters. The van der Waals surface area contributed by atoms with Crippen molar-refractivity contribution in [1.82, 2.24) is 4.90 Å². The highest BCUT2D eigenvalue weighted by Crippen LogP contribution is 2.30. The number of rotatable bonds is 7. The Morgan fingerprint density at radius 2 is 1.96 bits per heavy atom. The highest BCUT2D eigenvalue weighted by Gasteiger charge is 2.46. The van der Waals surface area contributed by atoms with Gasteiger partial charge in [0.05, 0.1) is 25.8 Å². The van der Waals surface area contributed by atoms with E-state index in [0.717, 1.165) is 5.56 Å². The Bertz CT molecular complexity index is 533. The number of esters is 1. The zero-order valence-corrected chi connectivity index (χ0v) is 14.5. The highest BCUT2D eigenvalue weighted by atomic mass is 16.6. The first-order valence-electron chi connectivity index (χ1n) is 8.13. The van der Waals surface area contributed by atoms with Crippen LogP contribution in [0, 0.1) is 0 Å². The fraction of sp³-hybridized carbons (Fsp3) is 0.526. The normalized spacial score (nSPS) is 23.9. The minimum atomic E-state index is -0.442. The zero-order valence-electron chi connectivity index (χ0n) is 14.5. The van der Waals surface area contributed by atoms with E-state index >= 15 is 0 Å². The van der Waals surface area contributed by atoms with Crippen molar-refractivity contribution in [2.75, 3.05) is 13.2 Å². The molecule has 0 aliphatic carbocycles. The van der Waals surface area contributed by atoms with Crippen LogP contribution in [0.3, 0.4) is 0 Å². The van der Waals surface area contributed by atoms with Crippen LogP contribution in [0.4, 0.5) is 0 Å². The fourth-order valence-corrected chi connectivity index (χ4v) is 2.60. The second kappa shape index (κ2) is 7.75. The SMILES string of the molecule is C/C=C/[C@H]1[C@@H](COCc2ccccc2)N1CC(=O)OC(C)(C)C. The third kappa shape index (κ3) is 5.81. The lowest BCUT2D eigenvalue weighted by Crippen LogP contribution is -2.29. The van der Waals surface area contributed by atoms with Gasteiger partial charge in [0.2, 0.25) is 0 Å². The quantitative estimate of drug-likeness (QED) is 0.440. The van der Waals surface area contributed by atoms with Crippen molar-refractivity contribution in [2.45, 2.75) is 52.0 Å². The number of hydrogen-bond donors (Lipinski definition) is 0. The summed E-state index contributed by atoms with van der Waals surface area (Å²) < 4.78 is 11.2. The zero-order chi connectivity index (χ0) is 16.9. The maximum atomic E-state index is 12.0. The van der Waals surface area contributed by atoms with Crippen LogP contribution in [0.2, 0.25) is 0 Å². The van der Waals surface area contributed by atoms with Gasteiger partial charge in [-0.25, -0.2) is 0 Å². The Morgan fingerprint density at radius 3 is 2.57 bits per heavy atom. The number of allylic oxidation sites excluding steroid dienone is 1. The molecule has 1 heterocycles. The standard InChI is InChI=1S/C19H27NO3/c1-5-9-16-17(14-22-13-15-10-7-6-8-11-15)20(16)12-18(21)23-19(2,3)4/h5-11,16-17H,12-14H2,1-4H3/b9-5+/t16-,17+,20?/m0/s1. The van der Waals surface area contributed by atoms with Gasteiger partial charge >= 0.3 is 5.97 Å². The van der Waals surface area contributed by atoms with Crippen LogP contribution in [0.25, 0.3) is 0 Å². The van der Waals surface area contributed by atoms with Gasteiger partial charge in [0.15, 0.2) is 0 Å². The Balaban J connectivity index is 1.79. The van der Waals surface area contributed by atoms with E-state index in [-0.39, 0.29) is 18.1 Å². The molecule has 1 aliphatic rings. The molecule has 0 aromatic heterocycles. The maximum Gasteiger partial charge on any atom is 0.320 e. The Labute approximate surface area is 139 Å². The van der Waals surface area contributed by atoms with E-state index in [1.807, 2.05) is 52.0 Å². The van der Waals surface area contributed by atoms with Crippen molar-refractivity contribution in [2.24, 2.45) is 0 Å². The van der Waals surface area contributed by atoms with Gasteiger partial charge in [-0.05, 0) is 33.3 Å². The number of hydrogen-bond acceptors (Lipinski definition) is 4. The average molecular weight is 317 g/mol. The van der Waals surface area contributed by atoms with Gasteiger partial charge in [0.25, 0.3) is 0 Å². The van der Waals surface area contributed by atoms with E-state index in [9.17, 15) is 4.79 Å². The van der Waals surface area contributed by atoms with Crippen LogP contribution in [0.15, 0.2) is 42.5 Å². The van der Waals surface area contributed by atoms with Crippen molar-refractivity contribution >= 4 is 5.97 Å². The van der Waals surface area contributed by atoms with Crippen molar-refractivity contribution < 1.29 is 14.3 Å². The number of nitrogens with zero attached hydrogens (tertiary/aromatic N) is 1. The maximum absolute atomic E-state index is 12.0. The second-order valence-corrected chi connectivity index (χ2v) is 6.84. The van der Waals surface area contributed by atoms with Crippen LogP contribution in [-0.2, 0) is 20.9 Å². The fourth-order valence-electron chi connectivity index (χ4n) is 2.60. The molecule has 4 heteroatoms. The van der Waals surface area contributed by atoms with Gasteiger partial charge in [-0.3, -0.25) is 9.69 Å². The molecule has 0 spiro atoms. The third-order valence-electron chi connectivity index (χ3n) is 3.63. The van der Waals surface area contributed by atoms with E-state index in [1.54, 1.807) is 0 Å². The van der Waals surface area contributed by atoms with Gasteiger partial charge in [-0.15, -0.1) is 0 Å². The topological polar surface area (TPSA) is 38.5 Å². The molecule has 1 saturated heterocycles. The lowest BCUT2D eigenvalue weighted by Gasteiger charge is -2.19. The van der Waals surface area contributed by atoms with Crippen molar-refractivity contribution in [1.29, 1.82) is 0 Å². The van der Waals surface area contributed by atoms with Gasteiger partial charge in [0.1, 0.15) is 5.60 Å². The molecule has 4 nitrogen and oxygen atoms in total. The Morgan fingerprint density at radius 1 is 1.26 bits per heavy atom. The third-order valence-corrected chi connectivity index (χ3v) is 3.63. The molecule has 1 fully saturated rings. The number of benzene rings is 1. The van der Waals surface area contributed by atoms with E-state index in [1.165, 1.54) is 0 Å². The van der Waals surface area contributed by atoms with Crippen LogP contribution < -0.4 is 0 Å². The Hall–Kier alpha value is -1.65.